The predicted octanol–water partition coefficient (Wildman–Crippen LogP) is 4.30. The molecule has 1 heterocycles. The van der Waals surface area contributed by atoms with Gasteiger partial charge >= 0.3 is 0 Å². The second-order valence-electron chi connectivity index (χ2n) is 7.28. The van der Waals surface area contributed by atoms with Crippen molar-refractivity contribution in [1.82, 2.24) is 15.3 Å². The van der Waals surface area contributed by atoms with Crippen molar-refractivity contribution in [2.75, 3.05) is 6.54 Å². The quantitative estimate of drug-likeness (QED) is 0.694. The Bertz CT molecular complexity index is 946. The third-order valence-electron chi connectivity index (χ3n) is 5.35. The van der Waals surface area contributed by atoms with E-state index in [1.165, 1.54) is 12.8 Å². The Morgan fingerprint density at radius 3 is 2.89 bits per heavy atom. The zero-order valence-electron chi connectivity index (χ0n) is 15.3. The predicted molar refractivity (Wildman–Crippen MR) is 107 cm³/mol. The lowest BCUT2D eigenvalue weighted by molar-refractivity contribution is 0.0955. The second kappa shape index (κ2) is 7.35. The molecule has 2 aliphatic carbocycles. The van der Waals surface area contributed by atoms with Crippen LogP contribution in [0.4, 0.5) is 0 Å². The number of aromatic hydroxyl groups is 1. The molecule has 2 aliphatic rings. The number of allylic oxidation sites excluding steroid dienone is 4. The minimum atomic E-state index is -0.168. The van der Waals surface area contributed by atoms with Gasteiger partial charge in [-0.25, -0.2) is 4.98 Å². The van der Waals surface area contributed by atoms with E-state index in [4.69, 9.17) is 0 Å². The summed E-state index contributed by atoms with van der Waals surface area (Å²) in [5.74, 6) is 1.24. The largest absolute Gasteiger partial charge is 0.506 e. The van der Waals surface area contributed by atoms with Crippen LogP contribution in [0.25, 0.3) is 11.0 Å². The number of phenols is 1. The highest BCUT2D eigenvalue weighted by Crippen LogP contribution is 2.35. The number of rotatable bonds is 5. The van der Waals surface area contributed by atoms with Crippen LogP contribution in [0.1, 0.15) is 54.2 Å². The van der Waals surface area contributed by atoms with E-state index in [-0.39, 0.29) is 11.7 Å². The Morgan fingerprint density at radius 1 is 1.33 bits per heavy atom. The van der Waals surface area contributed by atoms with Gasteiger partial charge in [-0.3, -0.25) is 4.79 Å². The summed E-state index contributed by atoms with van der Waals surface area (Å²) in [5.41, 5.74) is 3.73. The molecule has 1 fully saturated rings. The summed E-state index contributed by atoms with van der Waals surface area (Å²) in [6, 6.07) is 3.20. The summed E-state index contributed by atoms with van der Waals surface area (Å²) in [6.07, 6.45) is 13.4. The van der Waals surface area contributed by atoms with Crippen molar-refractivity contribution in [2.45, 2.75) is 38.0 Å². The first-order valence-electron chi connectivity index (χ1n) is 9.52. The van der Waals surface area contributed by atoms with E-state index in [0.717, 1.165) is 36.2 Å². The molecule has 27 heavy (non-hydrogen) atoms. The maximum absolute atomic E-state index is 12.7. The number of benzene rings is 1. The number of fused-ring (bicyclic) bond motifs is 1. The van der Waals surface area contributed by atoms with Crippen molar-refractivity contribution in [1.29, 1.82) is 0 Å². The number of carbonyl (C=O) groups is 1. The van der Waals surface area contributed by atoms with E-state index < -0.39 is 0 Å². The molecule has 1 saturated carbocycles. The maximum atomic E-state index is 12.7. The summed E-state index contributed by atoms with van der Waals surface area (Å²) in [5, 5.41) is 13.1. The molecule has 0 bridgehead atoms. The second-order valence-corrected chi connectivity index (χ2v) is 7.28. The average molecular weight is 362 g/mol. The fourth-order valence-corrected chi connectivity index (χ4v) is 3.79. The highest BCUT2D eigenvalue weighted by molar-refractivity contribution is 6.06. The highest BCUT2D eigenvalue weighted by Gasteiger charge is 2.23. The number of hydrogen-bond donors (Lipinski definition) is 3. The van der Waals surface area contributed by atoms with Gasteiger partial charge in [-0.1, -0.05) is 12.8 Å². The first-order valence-corrected chi connectivity index (χ1v) is 9.52. The zero-order chi connectivity index (χ0) is 18.8. The molecule has 0 spiro atoms. The van der Waals surface area contributed by atoms with Gasteiger partial charge in [0.15, 0.2) is 0 Å². The van der Waals surface area contributed by atoms with E-state index in [1.54, 1.807) is 12.1 Å². The lowest BCUT2D eigenvalue weighted by Gasteiger charge is -2.07. The molecule has 0 saturated heterocycles. The van der Waals surface area contributed by atoms with E-state index in [1.807, 2.05) is 24.6 Å². The van der Waals surface area contributed by atoms with E-state index >= 15 is 0 Å². The minimum Gasteiger partial charge on any atom is -0.506 e. The molecule has 0 atom stereocenters. The maximum Gasteiger partial charge on any atom is 0.253 e. The molecule has 2 aromatic rings. The lowest BCUT2D eigenvalue weighted by atomic mass is 10.0. The van der Waals surface area contributed by atoms with Crippen LogP contribution in [0.2, 0.25) is 0 Å². The fourth-order valence-electron chi connectivity index (χ4n) is 3.79. The van der Waals surface area contributed by atoms with Crippen LogP contribution in [-0.4, -0.2) is 27.5 Å². The van der Waals surface area contributed by atoms with Crippen LogP contribution >= 0.6 is 0 Å². The van der Waals surface area contributed by atoms with E-state index in [0.29, 0.717) is 29.1 Å². The molecule has 0 unspecified atom stereocenters. The van der Waals surface area contributed by atoms with Crippen molar-refractivity contribution >= 4 is 16.9 Å². The van der Waals surface area contributed by atoms with Crippen LogP contribution < -0.4 is 5.32 Å². The van der Waals surface area contributed by atoms with Crippen molar-refractivity contribution in [3.63, 3.8) is 0 Å². The van der Waals surface area contributed by atoms with Gasteiger partial charge in [0.05, 0.1) is 11.1 Å². The Hall–Kier alpha value is -2.95. The van der Waals surface area contributed by atoms with Gasteiger partial charge in [0.1, 0.15) is 22.6 Å². The third kappa shape index (κ3) is 3.63. The van der Waals surface area contributed by atoms with Crippen molar-refractivity contribution in [2.24, 2.45) is 0 Å². The van der Waals surface area contributed by atoms with Crippen LogP contribution in [0.5, 0.6) is 5.75 Å². The smallest absolute Gasteiger partial charge is 0.253 e. The van der Waals surface area contributed by atoms with Crippen molar-refractivity contribution in [3.05, 3.63) is 65.9 Å². The monoisotopic (exact) mass is 362 g/mol. The van der Waals surface area contributed by atoms with Crippen LogP contribution in [0.3, 0.4) is 0 Å². The summed E-state index contributed by atoms with van der Waals surface area (Å²) in [6.45, 7) is 4.42. The van der Waals surface area contributed by atoms with Gasteiger partial charge in [0.25, 0.3) is 5.91 Å². The van der Waals surface area contributed by atoms with Gasteiger partial charge in [-0.2, -0.15) is 0 Å². The minimum absolute atomic E-state index is 0.131. The van der Waals surface area contributed by atoms with Gasteiger partial charge in [0.2, 0.25) is 0 Å². The number of amides is 1. The lowest BCUT2D eigenvalue weighted by Crippen LogP contribution is -2.25. The highest BCUT2D eigenvalue weighted by atomic mass is 16.3. The zero-order valence-corrected chi connectivity index (χ0v) is 15.3. The first-order chi connectivity index (χ1) is 13.1. The third-order valence-corrected chi connectivity index (χ3v) is 5.35. The summed E-state index contributed by atoms with van der Waals surface area (Å²) in [4.78, 5) is 20.6. The molecule has 4 rings (SSSR count). The summed E-state index contributed by atoms with van der Waals surface area (Å²) < 4.78 is 0. The number of hydrogen-bond acceptors (Lipinski definition) is 3. The molecule has 1 amide bonds. The molecular formula is C22H24N3O2+. The Kier molecular flexibility index (Phi) is 4.75. The van der Waals surface area contributed by atoms with Crippen LogP contribution in [0, 0.1) is 6.42 Å². The molecule has 3 N–H and O–H groups in total. The molecule has 1 aromatic carbocycles. The molecule has 0 radical (unpaired) electrons. The van der Waals surface area contributed by atoms with Gasteiger partial charge in [-0.15, -0.1) is 0 Å². The van der Waals surface area contributed by atoms with Gasteiger partial charge < -0.3 is 15.4 Å². The van der Waals surface area contributed by atoms with Crippen molar-refractivity contribution in [3.8, 4) is 5.75 Å². The van der Waals surface area contributed by atoms with Gasteiger partial charge in [-0.05, 0) is 31.6 Å². The normalized spacial score (nSPS) is 17.2. The molecular weight excluding hydrogens is 338 g/mol. The molecule has 0 aliphatic heterocycles. The average Bonchev–Trinajstić information content (AvgIpc) is 3.33. The summed E-state index contributed by atoms with van der Waals surface area (Å²) in [7, 11) is 0. The number of aromatic amines is 1. The van der Waals surface area contributed by atoms with Crippen LogP contribution in [-0.2, 0) is 0 Å². The molecule has 5 nitrogen and oxygen atoms in total. The SMILES string of the molecule is C=C1C=CC(CCNC(=O)c2ccc(O)c3[nH]c(C4CCCC4)nc23)=C[CH+]1. The molecule has 5 heteroatoms. The van der Waals surface area contributed by atoms with Crippen molar-refractivity contribution < 1.29 is 9.90 Å². The Balaban J connectivity index is 1.49. The van der Waals surface area contributed by atoms with E-state index in [2.05, 4.69) is 21.9 Å². The number of nitrogens with one attached hydrogen (secondary N) is 2. The Labute approximate surface area is 158 Å². The Morgan fingerprint density at radius 2 is 2.15 bits per heavy atom. The number of H-pyrrole nitrogens is 1. The molecule has 1 aromatic heterocycles. The van der Waals surface area contributed by atoms with Crippen LogP contribution in [0.15, 0.2) is 48.1 Å². The van der Waals surface area contributed by atoms with Gasteiger partial charge in [0, 0.05) is 49.1 Å². The topological polar surface area (TPSA) is 78.0 Å². The number of carbonyl (C=O) groups excluding carboxylic acids is 1. The number of phenolic OH excluding ortho intramolecular Hbond substituents is 1. The van der Waals surface area contributed by atoms with E-state index in [9.17, 15) is 9.90 Å². The first kappa shape index (κ1) is 17.5. The fraction of sp³-hybridized carbons (Fsp3) is 0.318. The summed E-state index contributed by atoms with van der Waals surface area (Å²) >= 11 is 0. The standard InChI is InChI=1S/C22H23N3O2/c1-14-6-8-15(9-7-14)12-13-23-22(27)17-10-11-18(26)20-19(17)24-21(25-20)16-4-2-3-5-16/h6-11,16H,1-5,12-13H2,(H2-,23,24,25,26,27)/p+1. The molecule has 138 valence electrons. The number of imidazole rings is 1. The number of nitrogens with zero attached hydrogens (tertiary/aromatic N) is 1. The number of aromatic nitrogens is 2.